The minimum absolute atomic E-state index is 0.889. The molecular weight excluding hydrogens is 116 g/mol. The van der Waals surface area contributed by atoms with Crippen molar-refractivity contribution in [1.29, 1.82) is 5.26 Å². The molecule has 0 amide bonds. The van der Waals surface area contributed by atoms with Gasteiger partial charge in [0.15, 0.2) is 0 Å². The van der Waals surface area contributed by atoms with Gasteiger partial charge in [-0.25, -0.2) is 0 Å². The molecule has 1 N–H and O–H groups in total. The maximum atomic E-state index is 7.32. The van der Waals surface area contributed by atoms with Crippen molar-refractivity contribution in [3.63, 3.8) is 0 Å². The minimum Gasteiger partial charge on any atom is -0.379 e. The summed E-state index contributed by atoms with van der Waals surface area (Å²) in [5, 5.41) is 10.5. The van der Waals surface area contributed by atoms with Gasteiger partial charge >= 0.3 is 0 Å². The lowest BCUT2D eigenvalue weighted by Gasteiger charge is -2.10. The Morgan fingerprint density at radius 3 is 2.00 bits per heavy atom. The second-order valence-corrected chi connectivity index (χ2v) is 1.59. The molecule has 0 aliphatic carbocycles. The number of morpholine rings is 1. The Morgan fingerprint density at radius 2 is 1.89 bits per heavy atom. The molecule has 1 aliphatic rings. The SMILES string of the molecule is C1COCCN1.CC#N. The summed E-state index contributed by atoms with van der Waals surface area (Å²) in [6.07, 6.45) is 0. The highest BCUT2D eigenvalue weighted by atomic mass is 16.5. The van der Waals surface area contributed by atoms with Crippen LogP contribution in [0.1, 0.15) is 6.92 Å². The van der Waals surface area contributed by atoms with Gasteiger partial charge in [0.05, 0.1) is 19.3 Å². The fraction of sp³-hybridized carbons (Fsp3) is 0.833. The van der Waals surface area contributed by atoms with Gasteiger partial charge in [-0.2, -0.15) is 5.26 Å². The van der Waals surface area contributed by atoms with E-state index in [1.165, 1.54) is 6.92 Å². The quantitative estimate of drug-likeness (QED) is 0.504. The molecule has 1 aliphatic heterocycles. The predicted octanol–water partition coefficient (Wildman–Crippen LogP) is 0.136. The van der Waals surface area contributed by atoms with E-state index in [2.05, 4.69) is 5.32 Å². The van der Waals surface area contributed by atoms with Crippen LogP contribution in [0.4, 0.5) is 0 Å². The van der Waals surface area contributed by atoms with E-state index in [1.807, 2.05) is 0 Å². The summed E-state index contributed by atoms with van der Waals surface area (Å²) < 4.78 is 5.01. The van der Waals surface area contributed by atoms with E-state index in [0.717, 1.165) is 26.3 Å². The van der Waals surface area contributed by atoms with Gasteiger partial charge in [-0.15, -0.1) is 0 Å². The highest BCUT2D eigenvalue weighted by molar-refractivity contribution is 4.51. The molecule has 3 nitrogen and oxygen atoms in total. The number of rotatable bonds is 0. The number of nitriles is 1. The first-order chi connectivity index (χ1) is 4.41. The maximum absolute atomic E-state index is 7.32. The van der Waals surface area contributed by atoms with Crippen molar-refractivity contribution in [2.45, 2.75) is 6.92 Å². The van der Waals surface area contributed by atoms with E-state index in [-0.39, 0.29) is 0 Å². The second-order valence-electron chi connectivity index (χ2n) is 1.59. The van der Waals surface area contributed by atoms with Gasteiger partial charge in [0.25, 0.3) is 0 Å². The Hall–Kier alpha value is -0.590. The summed E-state index contributed by atoms with van der Waals surface area (Å²) in [6.45, 7) is 5.26. The summed E-state index contributed by atoms with van der Waals surface area (Å²) in [5.74, 6) is 0. The molecular formula is C6H12N2O. The Kier molecular flexibility index (Phi) is 6.92. The van der Waals surface area contributed by atoms with Crippen LogP contribution in [0.25, 0.3) is 0 Å². The summed E-state index contributed by atoms with van der Waals surface area (Å²) in [5.41, 5.74) is 0. The third-order valence-corrected chi connectivity index (χ3v) is 0.846. The minimum atomic E-state index is 0.889. The first-order valence-corrected chi connectivity index (χ1v) is 3.01. The Labute approximate surface area is 55.6 Å². The molecule has 3 heteroatoms. The van der Waals surface area contributed by atoms with E-state index in [0.29, 0.717) is 0 Å². The highest BCUT2D eigenvalue weighted by Gasteiger charge is 1.92. The van der Waals surface area contributed by atoms with Gasteiger partial charge in [0.2, 0.25) is 0 Å². The van der Waals surface area contributed by atoms with Crippen molar-refractivity contribution in [3.8, 4) is 6.07 Å². The molecule has 1 fully saturated rings. The zero-order valence-electron chi connectivity index (χ0n) is 5.68. The van der Waals surface area contributed by atoms with Crippen molar-refractivity contribution in [3.05, 3.63) is 0 Å². The Morgan fingerprint density at radius 1 is 1.44 bits per heavy atom. The van der Waals surface area contributed by atoms with Crippen LogP contribution in [0.15, 0.2) is 0 Å². The fourth-order valence-electron chi connectivity index (χ4n) is 0.516. The van der Waals surface area contributed by atoms with Crippen molar-refractivity contribution in [2.24, 2.45) is 0 Å². The average molecular weight is 128 g/mol. The van der Waals surface area contributed by atoms with Crippen LogP contribution >= 0.6 is 0 Å². The lowest BCUT2D eigenvalue weighted by molar-refractivity contribution is 0.109. The van der Waals surface area contributed by atoms with E-state index < -0.39 is 0 Å². The first kappa shape index (κ1) is 8.41. The monoisotopic (exact) mass is 128 g/mol. The number of nitrogens with one attached hydrogen (secondary N) is 1. The van der Waals surface area contributed by atoms with Crippen LogP contribution in [-0.4, -0.2) is 26.3 Å². The van der Waals surface area contributed by atoms with E-state index in [4.69, 9.17) is 10.00 Å². The summed E-state index contributed by atoms with van der Waals surface area (Å²) in [6, 6.07) is 1.75. The summed E-state index contributed by atoms with van der Waals surface area (Å²) in [4.78, 5) is 0. The number of nitrogens with zero attached hydrogens (tertiary/aromatic N) is 1. The first-order valence-electron chi connectivity index (χ1n) is 3.01. The van der Waals surface area contributed by atoms with Crippen molar-refractivity contribution >= 4 is 0 Å². The van der Waals surface area contributed by atoms with Crippen LogP contribution < -0.4 is 5.32 Å². The molecule has 0 atom stereocenters. The van der Waals surface area contributed by atoms with Gasteiger partial charge in [-0.05, 0) is 0 Å². The third-order valence-electron chi connectivity index (χ3n) is 0.846. The number of ether oxygens (including phenoxy) is 1. The van der Waals surface area contributed by atoms with Crippen LogP contribution in [0.3, 0.4) is 0 Å². The van der Waals surface area contributed by atoms with E-state index in [1.54, 1.807) is 6.07 Å². The van der Waals surface area contributed by atoms with Crippen LogP contribution in [0.2, 0.25) is 0 Å². The molecule has 0 bridgehead atoms. The topological polar surface area (TPSA) is 45.0 Å². The molecule has 1 saturated heterocycles. The third kappa shape index (κ3) is 7.41. The Balaban J connectivity index is 0.000000187. The Bertz CT molecular complexity index is 72.0. The average Bonchev–Trinajstić information content (AvgIpc) is 1.93. The lowest BCUT2D eigenvalue weighted by Crippen LogP contribution is -2.30. The van der Waals surface area contributed by atoms with Crippen LogP contribution in [0.5, 0.6) is 0 Å². The van der Waals surface area contributed by atoms with Gasteiger partial charge < -0.3 is 10.1 Å². The number of hydrogen-bond acceptors (Lipinski definition) is 3. The smallest absolute Gasteiger partial charge is 0.0591 e. The largest absolute Gasteiger partial charge is 0.379 e. The highest BCUT2D eigenvalue weighted by Crippen LogP contribution is 1.76. The van der Waals surface area contributed by atoms with Gasteiger partial charge in [-0.1, -0.05) is 0 Å². The molecule has 0 aromatic heterocycles. The molecule has 0 spiro atoms. The van der Waals surface area contributed by atoms with Crippen molar-refractivity contribution in [1.82, 2.24) is 5.32 Å². The zero-order valence-corrected chi connectivity index (χ0v) is 5.68. The molecule has 1 rings (SSSR count). The molecule has 52 valence electrons. The van der Waals surface area contributed by atoms with Crippen molar-refractivity contribution < 1.29 is 4.74 Å². The second kappa shape index (κ2) is 7.41. The fourth-order valence-corrected chi connectivity index (χ4v) is 0.516. The zero-order chi connectivity index (χ0) is 6.95. The predicted molar refractivity (Wildman–Crippen MR) is 35.0 cm³/mol. The van der Waals surface area contributed by atoms with Crippen molar-refractivity contribution in [2.75, 3.05) is 26.3 Å². The van der Waals surface area contributed by atoms with E-state index in [9.17, 15) is 0 Å². The summed E-state index contributed by atoms with van der Waals surface area (Å²) in [7, 11) is 0. The van der Waals surface area contributed by atoms with Gasteiger partial charge in [0, 0.05) is 20.0 Å². The molecule has 0 aromatic carbocycles. The molecule has 0 unspecified atom stereocenters. The normalized spacial score (nSPS) is 16.9. The van der Waals surface area contributed by atoms with Crippen LogP contribution in [-0.2, 0) is 4.74 Å². The van der Waals surface area contributed by atoms with E-state index >= 15 is 0 Å². The molecule has 0 saturated carbocycles. The van der Waals surface area contributed by atoms with Crippen LogP contribution in [0, 0.1) is 11.3 Å². The molecule has 0 radical (unpaired) electrons. The molecule has 0 aromatic rings. The summed E-state index contributed by atoms with van der Waals surface area (Å²) >= 11 is 0. The van der Waals surface area contributed by atoms with Gasteiger partial charge in [0.1, 0.15) is 0 Å². The number of hydrogen-bond donors (Lipinski definition) is 1. The van der Waals surface area contributed by atoms with Gasteiger partial charge in [-0.3, -0.25) is 0 Å². The molecule has 1 heterocycles. The maximum Gasteiger partial charge on any atom is 0.0591 e. The molecule has 9 heavy (non-hydrogen) atoms. The lowest BCUT2D eigenvalue weighted by atomic mass is 10.5. The standard InChI is InChI=1S/C4H9NO.C2H3N/c1-3-6-4-2-5-1;1-2-3/h5H,1-4H2;1H3.